The number of primary amides is 1. The van der Waals surface area contributed by atoms with Gasteiger partial charge in [0.05, 0.1) is 13.2 Å². The fourth-order valence-electron chi connectivity index (χ4n) is 2.07. The topological polar surface area (TPSA) is 72.6 Å². The van der Waals surface area contributed by atoms with Crippen molar-refractivity contribution in [2.45, 2.75) is 32.9 Å². The van der Waals surface area contributed by atoms with Gasteiger partial charge in [-0.1, -0.05) is 30.3 Å². The Balaban J connectivity index is 3.13. The van der Waals surface area contributed by atoms with Gasteiger partial charge in [0, 0.05) is 6.04 Å². The second-order valence-corrected chi connectivity index (χ2v) is 4.80. The Morgan fingerprint density at radius 1 is 1.25 bits per heavy atom. The van der Waals surface area contributed by atoms with Gasteiger partial charge in [-0.2, -0.15) is 0 Å². The van der Waals surface area contributed by atoms with Crippen molar-refractivity contribution in [2.24, 2.45) is 5.73 Å². The van der Waals surface area contributed by atoms with Crippen LogP contribution < -0.4 is 5.73 Å². The number of benzene rings is 1. The van der Waals surface area contributed by atoms with E-state index in [9.17, 15) is 9.59 Å². The molecular weight excluding hydrogens is 256 g/mol. The molecule has 20 heavy (non-hydrogen) atoms. The zero-order valence-corrected chi connectivity index (χ0v) is 12.2. The van der Waals surface area contributed by atoms with Crippen molar-refractivity contribution in [3.63, 3.8) is 0 Å². The summed E-state index contributed by atoms with van der Waals surface area (Å²) in [5.41, 5.74) is 6.08. The minimum Gasteiger partial charge on any atom is -0.465 e. The summed E-state index contributed by atoms with van der Waals surface area (Å²) in [4.78, 5) is 25.3. The predicted molar refractivity (Wildman–Crippen MR) is 76.9 cm³/mol. The first-order valence-electron chi connectivity index (χ1n) is 6.73. The van der Waals surface area contributed by atoms with E-state index in [1.54, 1.807) is 11.8 Å². The fourth-order valence-corrected chi connectivity index (χ4v) is 2.07. The van der Waals surface area contributed by atoms with Gasteiger partial charge in [-0.15, -0.1) is 0 Å². The number of carbonyl (C=O) groups excluding carboxylic acids is 2. The second kappa shape index (κ2) is 7.65. The molecule has 0 aromatic heterocycles. The highest BCUT2D eigenvalue weighted by Gasteiger charge is 2.31. The van der Waals surface area contributed by atoms with Gasteiger partial charge >= 0.3 is 5.97 Å². The van der Waals surface area contributed by atoms with E-state index in [-0.39, 0.29) is 18.6 Å². The number of hydrogen-bond acceptors (Lipinski definition) is 4. The van der Waals surface area contributed by atoms with Crippen LogP contribution in [-0.4, -0.2) is 36.0 Å². The molecule has 0 saturated carbocycles. The van der Waals surface area contributed by atoms with Crippen LogP contribution in [0.4, 0.5) is 0 Å². The summed E-state index contributed by atoms with van der Waals surface area (Å²) in [6, 6.07) is 8.63. The highest BCUT2D eigenvalue weighted by atomic mass is 16.5. The van der Waals surface area contributed by atoms with E-state index >= 15 is 0 Å². The lowest BCUT2D eigenvalue weighted by Gasteiger charge is -2.32. The first kappa shape index (κ1) is 16.2. The predicted octanol–water partition coefficient (Wildman–Crippen LogP) is 1.49. The summed E-state index contributed by atoms with van der Waals surface area (Å²) in [7, 11) is 0. The lowest BCUT2D eigenvalue weighted by molar-refractivity contribution is -0.151. The molecule has 0 heterocycles. The molecule has 1 aromatic rings. The maximum Gasteiger partial charge on any atom is 0.328 e. The monoisotopic (exact) mass is 278 g/mol. The van der Waals surface area contributed by atoms with Crippen LogP contribution in [-0.2, 0) is 14.3 Å². The number of ether oxygens (including phenoxy) is 1. The first-order valence-corrected chi connectivity index (χ1v) is 6.73. The van der Waals surface area contributed by atoms with Gasteiger partial charge in [0.2, 0.25) is 5.91 Å². The summed E-state index contributed by atoms with van der Waals surface area (Å²) in [5.74, 6) is -0.836. The SMILES string of the molecule is CCOC(=O)C(c1ccccc1)N(CC(N)=O)C(C)C. The summed E-state index contributed by atoms with van der Waals surface area (Å²) >= 11 is 0. The summed E-state index contributed by atoms with van der Waals surface area (Å²) in [6.07, 6.45) is 0. The molecule has 1 atom stereocenters. The molecule has 0 bridgehead atoms. The summed E-state index contributed by atoms with van der Waals surface area (Å²) < 4.78 is 5.14. The molecular formula is C15H22N2O3. The van der Waals surface area contributed by atoms with Gasteiger partial charge in [-0.05, 0) is 26.3 Å². The van der Waals surface area contributed by atoms with E-state index < -0.39 is 11.9 Å². The van der Waals surface area contributed by atoms with Crippen LogP contribution in [0.15, 0.2) is 30.3 Å². The van der Waals surface area contributed by atoms with Gasteiger partial charge in [0.25, 0.3) is 0 Å². The number of esters is 1. The van der Waals surface area contributed by atoms with Crippen molar-refractivity contribution in [3.8, 4) is 0 Å². The first-order chi connectivity index (χ1) is 9.47. The van der Waals surface area contributed by atoms with Crippen LogP contribution in [0, 0.1) is 0 Å². The van der Waals surface area contributed by atoms with E-state index in [0.29, 0.717) is 6.61 Å². The molecule has 5 heteroatoms. The Kier molecular flexibility index (Phi) is 6.18. The Hall–Kier alpha value is -1.88. The van der Waals surface area contributed by atoms with Crippen LogP contribution in [0.5, 0.6) is 0 Å². The minimum absolute atomic E-state index is 0.00996. The molecule has 1 unspecified atom stereocenters. The molecule has 1 amide bonds. The normalized spacial score (nSPS) is 12.4. The Labute approximate surface area is 119 Å². The van der Waals surface area contributed by atoms with E-state index in [4.69, 9.17) is 10.5 Å². The number of nitrogens with two attached hydrogens (primary N) is 1. The van der Waals surface area contributed by atoms with E-state index in [1.165, 1.54) is 0 Å². The van der Waals surface area contributed by atoms with Gasteiger partial charge in [-0.25, -0.2) is 4.79 Å². The third-order valence-electron chi connectivity index (χ3n) is 2.96. The van der Waals surface area contributed by atoms with Crippen molar-refractivity contribution in [1.82, 2.24) is 4.90 Å². The van der Waals surface area contributed by atoms with Gasteiger partial charge in [0.1, 0.15) is 6.04 Å². The van der Waals surface area contributed by atoms with Crippen molar-refractivity contribution in [3.05, 3.63) is 35.9 Å². The van der Waals surface area contributed by atoms with Crippen LogP contribution >= 0.6 is 0 Å². The van der Waals surface area contributed by atoms with Gasteiger partial charge in [-0.3, -0.25) is 9.69 Å². The molecule has 0 radical (unpaired) electrons. The van der Waals surface area contributed by atoms with Gasteiger partial charge in [0.15, 0.2) is 0 Å². The fraction of sp³-hybridized carbons (Fsp3) is 0.467. The van der Waals surface area contributed by atoms with Crippen LogP contribution in [0.3, 0.4) is 0 Å². The standard InChI is InChI=1S/C15H22N2O3/c1-4-20-15(19)14(12-8-6-5-7-9-12)17(11(2)3)10-13(16)18/h5-9,11,14H,4,10H2,1-3H3,(H2,16,18). The lowest BCUT2D eigenvalue weighted by atomic mass is 10.0. The maximum atomic E-state index is 12.3. The van der Waals surface area contributed by atoms with Crippen molar-refractivity contribution in [1.29, 1.82) is 0 Å². The van der Waals surface area contributed by atoms with Crippen LogP contribution in [0.25, 0.3) is 0 Å². The van der Waals surface area contributed by atoms with Crippen molar-refractivity contribution >= 4 is 11.9 Å². The molecule has 0 fully saturated rings. The maximum absolute atomic E-state index is 12.3. The van der Waals surface area contributed by atoms with E-state index in [0.717, 1.165) is 5.56 Å². The molecule has 0 spiro atoms. The average molecular weight is 278 g/mol. The van der Waals surface area contributed by atoms with Crippen LogP contribution in [0.2, 0.25) is 0 Å². The molecule has 0 saturated heterocycles. The third-order valence-corrected chi connectivity index (χ3v) is 2.96. The van der Waals surface area contributed by atoms with E-state index in [2.05, 4.69) is 0 Å². The summed E-state index contributed by atoms with van der Waals surface area (Å²) in [6.45, 7) is 5.89. The van der Waals surface area contributed by atoms with Crippen molar-refractivity contribution in [2.75, 3.05) is 13.2 Å². The lowest BCUT2D eigenvalue weighted by Crippen LogP contribution is -2.44. The highest BCUT2D eigenvalue weighted by molar-refractivity contribution is 5.80. The molecule has 1 aromatic carbocycles. The van der Waals surface area contributed by atoms with Gasteiger partial charge < -0.3 is 10.5 Å². The number of hydrogen-bond donors (Lipinski definition) is 1. The molecule has 0 aliphatic carbocycles. The van der Waals surface area contributed by atoms with Crippen molar-refractivity contribution < 1.29 is 14.3 Å². The molecule has 110 valence electrons. The number of nitrogens with zero attached hydrogens (tertiary/aromatic N) is 1. The molecule has 0 aliphatic heterocycles. The Morgan fingerprint density at radius 2 is 1.85 bits per heavy atom. The Bertz CT molecular complexity index is 446. The molecule has 0 aliphatic rings. The molecule has 1 rings (SSSR count). The molecule has 2 N–H and O–H groups in total. The average Bonchev–Trinajstić information content (AvgIpc) is 2.39. The van der Waals surface area contributed by atoms with Crippen LogP contribution in [0.1, 0.15) is 32.4 Å². The smallest absolute Gasteiger partial charge is 0.328 e. The largest absolute Gasteiger partial charge is 0.465 e. The summed E-state index contributed by atoms with van der Waals surface area (Å²) in [5, 5.41) is 0. The molecule has 5 nitrogen and oxygen atoms in total. The third kappa shape index (κ3) is 4.35. The zero-order chi connectivity index (χ0) is 15.1. The number of carbonyl (C=O) groups is 2. The highest BCUT2D eigenvalue weighted by Crippen LogP contribution is 2.24. The number of amides is 1. The minimum atomic E-state index is -0.622. The quantitative estimate of drug-likeness (QED) is 0.767. The second-order valence-electron chi connectivity index (χ2n) is 4.80. The zero-order valence-electron chi connectivity index (χ0n) is 12.2. The Morgan fingerprint density at radius 3 is 2.30 bits per heavy atom. The number of rotatable bonds is 7. The van der Waals surface area contributed by atoms with E-state index in [1.807, 2.05) is 44.2 Å².